The highest BCUT2D eigenvalue weighted by atomic mass is 79.9. The number of aromatic nitrogens is 2. The van der Waals surface area contributed by atoms with Crippen molar-refractivity contribution in [2.24, 2.45) is 7.05 Å². The molecule has 5 nitrogen and oxygen atoms in total. The number of sulfonamides is 1. The molecule has 0 amide bonds. The molecule has 0 radical (unpaired) electrons. The summed E-state index contributed by atoms with van der Waals surface area (Å²) in [6.07, 6.45) is 2.18. The summed E-state index contributed by atoms with van der Waals surface area (Å²) < 4.78 is 29.6. The van der Waals surface area contributed by atoms with E-state index in [1.54, 1.807) is 31.4 Å². The minimum absolute atomic E-state index is 0.291. The van der Waals surface area contributed by atoms with E-state index in [0.717, 1.165) is 10.0 Å². The van der Waals surface area contributed by atoms with Crippen molar-refractivity contribution in [1.82, 2.24) is 9.78 Å². The molecule has 2 rings (SSSR count). The molecule has 1 N–H and O–H groups in total. The summed E-state index contributed by atoms with van der Waals surface area (Å²) in [5, 5.41) is 3.93. The van der Waals surface area contributed by atoms with Gasteiger partial charge in [0.05, 0.1) is 11.1 Å². The summed E-state index contributed by atoms with van der Waals surface area (Å²) in [5.74, 6) is 0.435. The SMILES string of the molecule is CCc1cc(Br)ccc1S(=O)(=O)Nc1ccnn1C. The molecule has 0 aliphatic rings. The Balaban J connectivity index is 2.43. The van der Waals surface area contributed by atoms with Crippen LogP contribution in [0.4, 0.5) is 5.82 Å². The summed E-state index contributed by atoms with van der Waals surface area (Å²) in [7, 11) is -1.92. The maximum atomic E-state index is 12.4. The first-order valence-electron chi connectivity index (χ1n) is 5.73. The standard InChI is InChI=1S/C12H14BrN3O2S/c1-3-9-8-10(13)4-5-11(9)19(17,18)15-12-6-7-14-16(12)2/h4-8,15H,3H2,1-2H3. The molecule has 0 fully saturated rings. The van der Waals surface area contributed by atoms with Crippen LogP contribution in [0.2, 0.25) is 0 Å². The molecule has 0 spiro atoms. The van der Waals surface area contributed by atoms with Gasteiger partial charge >= 0.3 is 0 Å². The Morgan fingerprint density at radius 2 is 2.11 bits per heavy atom. The van der Waals surface area contributed by atoms with Crippen molar-refractivity contribution in [1.29, 1.82) is 0 Å². The number of hydrogen-bond acceptors (Lipinski definition) is 3. The average Bonchev–Trinajstić information content (AvgIpc) is 2.74. The van der Waals surface area contributed by atoms with Gasteiger partial charge in [-0.25, -0.2) is 8.42 Å². The first-order valence-corrected chi connectivity index (χ1v) is 8.01. The van der Waals surface area contributed by atoms with E-state index in [-0.39, 0.29) is 0 Å². The molecular weight excluding hydrogens is 330 g/mol. The van der Waals surface area contributed by atoms with Gasteiger partial charge in [0.2, 0.25) is 0 Å². The topological polar surface area (TPSA) is 64.0 Å². The Bertz CT molecular complexity index is 695. The lowest BCUT2D eigenvalue weighted by molar-refractivity contribution is 0.599. The molecule has 2 aromatic rings. The van der Waals surface area contributed by atoms with Gasteiger partial charge in [-0.1, -0.05) is 22.9 Å². The maximum Gasteiger partial charge on any atom is 0.263 e. The van der Waals surface area contributed by atoms with Crippen LogP contribution in [-0.4, -0.2) is 18.2 Å². The first kappa shape index (κ1) is 14.1. The van der Waals surface area contributed by atoms with Gasteiger partial charge in [-0.2, -0.15) is 5.10 Å². The molecule has 0 bridgehead atoms. The molecule has 0 atom stereocenters. The van der Waals surface area contributed by atoms with Crippen molar-refractivity contribution in [3.05, 3.63) is 40.5 Å². The van der Waals surface area contributed by atoms with Crippen LogP contribution in [0.3, 0.4) is 0 Å². The van der Waals surface area contributed by atoms with Crippen LogP contribution in [0, 0.1) is 0 Å². The van der Waals surface area contributed by atoms with Crippen molar-refractivity contribution < 1.29 is 8.42 Å². The van der Waals surface area contributed by atoms with Gasteiger partial charge in [-0.05, 0) is 30.2 Å². The van der Waals surface area contributed by atoms with Crippen LogP contribution in [0.25, 0.3) is 0 Å². The van der Waals surface area contributed by atoms with Gasteiger partial charge in [0, 0.05) is 17.6 Å². The zero-order valence-corrected chi connectivity index (χ0v) is 13.0. The summed E-state index contributed by atoms with van der Waals surface area (Å²) in [6, 6.07) is 6.75. The molecule has 1 aromatic heterocycles. The number of aryl methyl sites for hydroxylation is 2. The van der Waals surface area contributed by atoms with E-state index in [2.05, 4.69) is 25.8 Å². The normalized spacial score (nSPS) is 11.5. The van der Waals surface area contributed by atoms with Crippen molar-refractivity contribution >= 4 is 31.8 Å². The number of halogens is 1. The van der Waals surface area contributed by atoms with E-state index in [4.69, 9.17) is 0 Å². The Morgan fingerprint density at radius 1 is 1.37 bits per heavy atom. The summed E-state index contributed by atoms with van der Waals surface area (Å²) in [4.78, 5) is 0.291. The summed E-state index contributed by atoms with van der Waals surface area (Å²) in [5.41, 5.74) is 0.768. The zero-order valence-electron chi connectivity index (χ0n) is 10.6. The Kier molecular flexibility index (Phi) is 3.96. The van der Waals surface area contributed by atoms with Crippen LogP contribution in [0.15, 0.2) is 39.8 Å². The second-order valence-electron chi connectivity index (χ2n) is 4.05. The van der Waals surface area contributed by atoms with Gasteiger partial charge in [-0.15, -0.1) is 0 Å². The number of nitrogens with one attached hydrogen (secondary N) is 1. The fourth-order valence-electron chi connectivity index (χ4n) is 1.75. The van der Waals surface area contributed by atoms with Crippen LogP contribution >= 0.6 is 15.9 Å². The quantitative estimate of drug-likeness (QED) is 0.927. The molecule has 0 aliphatic heterocycles. The first-order chi connectivity index (χ1) is 8.94. The van der Waals surface area contributed by atoms with Crippen molar-refractivity contribution in [3.63, 3.8) is 0 Å². The fraction of sp³-hybridized carbons (Fsp3) is 0.250. The van der Waals surface area contributed by atoms with Crippen LogP contribution in [-0.2, 0) is 23.5 Å². The molecule has 1 aromatic carbocycles. The van der Waals surface area contributed by atoms with Crippen LogP contribution in [0.1, 0.15) is 12.5 Å². The van der Waals surface area contributed by atoms with Gasteiger partial charge in [0.1, 0.15) is 5.82 Å². The lowest BCUT2D eigenvalue weighted by Crippen LogP contribution is -2.17. The van der Waals surface area contributed by atoms with Gasteiger partial charge in [0.15, 0.2) is 0 Å². The summed E-state index contributed by atoms with van der Waals surface area (Å²) >= 11 is 3.35. The smallest absolute Gasteiger partial charge is 0.263 e. The maximum absolute atomic E-state index is 12.4. The number of nitrogens with zero attached hydrogens (tertiary/aromatic N) is 2. The molecule has 102 valence electrons. The highest BCUT2D eigenvalue weighted by Crippen LogP contribution is 2.23. The van der Waals surface area contributed by atoms with Crippen molar-refractivity contribution in [2.45, 2.75) is 18.2 Å². The number of rotatable bonds is 4. The molecule has 0 unspecified atom stereocenters. The highest BCUT2D eigenvalue weighted by molar-refractivity contribution is 9.10. The minimum Gasteiger partial charge on any atom is -0.264 e. The predicted molar refractivity (Wildman–Crippen MR) is 77.5 cm³/mol. The molecule has 7 heteroatoms. The molecule has 0 saturated carbocycles. The third kappa shape index (κ3) is 2.98. The third-order valence-corrected chi connectivity index (χ3v) is 4.70. The molecule has 0 aliphatic carbocycles. The summed E-state index contributed by atoms with van der Waals surface area (Å²) in [6.45, 7) is 1.92. The van der Waals surface area contributed by atoms with Crippen LogP contribution in [0.5, 0.6) is 0 Å². The Labute approximate surface area is 120 Å². The lowest BCUT2D eigenvalue weighted by atomic mass is 10.2. The molecular formula is C12H14BrN3O2S. The highest BCUT2D eigenvalue weighted by Gasteiger charge is 2.19. The molecule has 19 heavy (non-hydrogen) atoms. The monoisotopic (exact) mass is 343 g/mol. The average molecular weight is 344 g/mol. The van der Waals surface area contributed by atoms with Crippen molar-refractivity contribution in [3.8, 4) is 0 Å². The number of anilines is 1. The Morgan fingerprint density at radius 3 is 2.68 bits per heavy atom. The van der Waals surface area contributed by atoms with Crippen LogP contribution < -0.4 is 4.72 Å². The Hall–Kier alpha value is -1.34. The van der Waals surface area contributed by atoms with E-state index in [1.807, 2.05) is 13.0 Å². The zero-order chi connectivity index (χ0) is 14.0. The minimum atomic E-state index is -3.60. The van der Waals surface area contributed by atoms with E-state index in [9.17, 15) is 8.42 Å². The van der Waals surface area contributed by atoms with E-state index < -0.39 is 10.0 Å². The van der Waals surface area contributed by atoms with Gasteiger partial charge < -0.3 is 0 Å². The van der Waals surface area contributed by atoms with E-state index in [1.165, 1.54) is 4.68 Å². The second kappa shape index (κ2) is 5.34. The number of hydrogen-bond donors (Lipinski definition) is 1. The second-order valence-corrected chi connectivity index (χ2v) is 6.62. The van der Waals surface area contributed by atoms with Gasteiger partial charge in [-0.3, -0.25) is 9.40 Å². The molecule has 1 heterocycles. The number of benzene rings is 1. The predicted octanol–water partition coefficient (Wildman–Crippen LogP) is 2.55. The fourth-order valence-corrected chi connectivity index (χ4v) is 3.54. The lowest BCUT2D eigenvalue weighted by Gasteiger charge is -2.11. The molecule has 0 saturated heterocycles. The van der Waals surface area contributed by atoms with Crippen molar-refractivity contribution in [2.75, 3.05) is 4.72 Å². The largest absolute Gasteiger partial charge is 0.264 e. The van der Waals surface area contributed by atoms with E-state index in [0.29, 0.717) is 17.1 Å². The van der Waals surface area contributed by atoms with Gasteiger partial charge in [0.25, 0.3) is 10.0 Å². The van der Waals surface area contributed by atoms with E-state index >= 15 is 0 Å². The third-order valence-electron chi connectivity index (χ3n) is 2.75.